The highest BCUT2D eigenvalue weighted by Crippen LogP contribution is 2.22. The van der Waals surface area contributed by atoms with E-state index < -0.39 is 10.0 Å². The van der Waals surface area contributed by atoms with Gasteiger partial charge in [-0.2, -0.15) is 0 Å². The van der Waals surface area contributed by atoms with Crippen molar-refractivity contribution in [3.63, 3.8) is 0 Å². The van der Waals surface area contributed by atoms with Crippen molar-refractivity contribution in [2.24, 2.45) is 0 Å². The van der Waals surface area contributed by atoms with E-state index in [1.165, 1.54) is 18.2 Å². The Hall–Kier alpha value is -0.820. The minimum absolute atomic E-state index is 0.0883. The van der Waals surface area contributed by atoms with Gasteiger partial charge in [-0.3, -0.25) is 0 Å². The van der Waals surface area contributed by atoms with Crippen LogP contribution in [-0.2, 0) is 14.8 Å². The van der Waals surface area contributed by atoms with Crippen molar-refractivity contribution in [3.8, 4) is 0 Å². The third kappa shape index (κ3) is 4.13. The van der Waals surface area contributed by atoms with Crippen LogP contribution in [0.15, 0.2) is 23.1 Å². The van der Waals surface area contributed by atoms with Gasteiger partial charge in [-0.1, -0.05) is 11.6 Å². The second-order valence-corrected chi connectivity index (χ2v) is 5.98. The van der Waals surface area contributed by atoms with E-state index in [2.05, 4.69) is 4.72 Å². The predicted molar refractivity (Wildman–Crippen MR) is 72.1 cm³/mol. The van der Waals surface area contributed by atoms with Crippen LogP contribution in [0.25, 0.3) is 0 Å². The van der Waals surface area contributed by atoms with Crippen molar-refractivity contribution in [3.05, 3.63) is 23.2 Å². The van der Waals surface area contributed by atoms with E-state index >= 15 is 0 Å². The van der Waals surface area contributed by atoms with Gasteiger partial charge in [-0.15, -0.1) is 0 Å². The second-order valence-electron chi connectivity index (χ2n) is 3.80. The zero-order valence-corrected chi connectivity index (χ0v) is 11.9. The van der Waals surface area contributed by atoms with Crippen LogP contribution in [0.5, 0.6) is 0 Å². The lowest BCUT2D eigenvalue weighted by molar-refractivity contribution is 0.0799. The number of hydrogen-bond donors (Lipinski definition) is 2. The molecule has 0 aliphatic carbocycles. The number of rotatable bonds is 6. The summed E-state index contributed by atoms with van der Waals surface area (Å²) in [5.74, 6) is 0. The summed E-state index contributed by atoms with van der Waals surface area (Å²) >= 11 is 5.79. The minimum Gasteiger partial charge on any atom is -0.398 e. The summed E-state index contributed by atoms with van der Waals surface area (Å²) in [6.45, 7) is 4.39. The fourth-order valence-electron chi connectivity index (χ4n) is 1.33. The van der Waals surface area contributed by atoms with Crippen molar-refractivity contribution in [2.75, 3.05) is 18.9 Å². The molecule has 5 nitrogen and oxygen atoms in total. The zero-order chi connectivity index (χ0) is 13.8. The van der Waals surface area contributed by atoms with Gasteiger partial charge >= 0.3 is 0 Å². The predicted octanol–water partition coefficient (Wildman–Crippen LogP) is 1.63. The molecule has 0 spiro atoms. The molecule has 1 rings (SSSR count). The molecule has 0 heterocycles. The Labute approximate surface area is 112 Å². The molecule has 18 heavy (non-hydrogen) atoms. The van der Waals surface area contributed by atoms with Crippen LogP contribution in [-0.4, -0.2) is 27.7 Å². The van der Waals surface area contributed by atoms with E-state index in [4.69, 9.17) is 22.1 Å². The molecule has 1 aromatic rings. The topological polar surface area (TPSA) is 81.4 Å². The molecule has 0 aromatic heterocycles. The first-order chi connectivity index (χ1) is 8.36. The van der Waals surface area contributed by atoms with Crippen LogP contribution in [0.1, 0.15) is 13.8 Å². The van der Waals surface area contributed by atoms with Crippen molar-refractivity contribution < 1.29 is 13.2 Å². The van der Waals surface area contributed by atoms with E-state index in [1.54, 1.807) is 6.92 Å². The Bertz CT molecular complexity index is 505. The molecule has 0 saturated heterocycles. The van der Waals surface area contributed by atoms with Crippen LogP contribution in [0, 0.1) is 0 Å². The van der Waals surface area contributed by atoms with E-state index in [9.17, 15) is 8.42 Å². The maximum absolute atomic E-state index is 11.9. The molecule has 0 aliphatic heterocycles. The molecule has 0 amide bonds. The molecule has 0 fully saturated rings. The monoisotopic (exact) mass is 292 g/mol. The first-order valence-electron chi connectivity index (χ1n) is 5.53. The average Bonchev–Trinajstić information content (AvgIpc) is 2.30. The molecular formula is C11H17ClN2O3S. The number of benzene rings is 1. The van der Waals surface area contributed by atoms with Crippen LogP contribution >= 0.6 is 11.6 Å². The molecule has 0 radical (unpaired) electrons. The first kappa shape index (κ1) is 15.2. The highest BCUT2D eigenvalue weighted by Gasteiger charge is 2.16. The normalized spacial score (nSPS) is 13.5. The van der Waals surface area contributed by atoms with Gasteiger partial charge in [0, 0.05) is 13.2 Å². The second kappa shape index (κ2) is 6.38. The number of hydrogen-bond acceptors (Lipinski definition) is 4. The van der Waals surface area contributed by atoms with Crippen LogP contribution in [0.4, 0.5) is 5.69 Å². The molecule has 0 aliphatic rings. The van der Waals surface area contributed by atoms with Gasteiger partial charge in [-0.25, -0.2) is 13.1 Å². The molecule has 1 atom stereocenters. The summed E-state index contributed by atoms with van der Waals surface area (Å²) in [5.41, 5.74) is 5.87. The fourth-order valence-corrected chi connectivity index (χ4v) is 2.72. The average molecular weight is 293 g/mol. The molecule has 0 bridgehead atoms. The summed E-state index contributed by atoms with van der Waals surface area (Å²) in [6, 6.07) is 4.20. The molecular weight excluding hydrogens is 276 g/mol. The maximum Gasteiger partial charge on any atom is 0.240 e. The van der Waals surface area contributed by atoms with Gasteiger partial charge < -0.3 is 10.5 Å². The van der Waals surface area contributed by atoms with Gasteiger partial charge in [0.1, 0.15) is 0 Å². The number of ether oxygens (including phenoxy) is 1. The summed E-state index contributed by atoms with van der Waals surface area (Å²) in [5, 5.41) is 0.218. The lowest BCUT2D eigenvalue weighted by Crippen LogP contribution is -2.32. The molecule has 102 valence electrons. The molecule has 0 saturated carbocycles. The standard InChI is InChI=1S/C11H17ClN2O3S/c1-3-17-8(2)7-14-18(15,16)9-4-5-11(13)10(12)6-9/h4-6,8,14H,3,7,13H2,1-2H3. The zero-order valence-electron chi connectivity index (χ0n) is 10.3. The van der Waals surface area contributed by atoms with E-state index in [1.807, 2.05) is 6.92 Å². The van der Waals surface area contributed by atoms with Crippen LogP contribution in [0.3, 0.4) is 0 Å². The third-order valence-electron chi connectivity index (χ3n) is 2.29. The highest BCUT2D eigenvalue weighted by molar-refractivity contribution is 7.89. The van der Waals surface area contributed by atoms with Gasteiger partial charge in [0.2, 0.25) is 10.0 Å². The van der Waals surface area contributed by atoms with E-state index in [0.29, 0.717) is 12.3 Å². The summed E-state index contributed by atoms with van der Waals surface area (Å²) < 4.78 is 31.6. The number of nitrogens with one attached hydrogen (secondary N) is 1. The Morgan fingerprint density at radius 1 is 1.50 bits per heavy atom. The Morgan fingerprint density at radius 3 is 2.72 bits per heavy atom. The van der Waals surface area contributed by atoms with Crippen molar-refractivity contribution in [1.82, 2.24) is 4.72 Å². The van der Waals surface area contributed by atoms with E-state index in [-0.39, 0.29) is 22.6 Å². The fraction of sp³-hybridized carbons (Fsp3) is 0.455. The van der Waals surface area contributed by atoms with Crippen LogP contribution < -0.4 is 10.5 Å². The molecule has 1 aromatic carbocycles. The van der Waals surface area contributed by atoms with Crippen LogP contribution in [0.2, 0.25) is 5.02 Å². The lowest BCUT2D eigenvalue weighted by atomic mass is 10.3. The Morgan fingerprint density at radius 2 is 2.17 bits per heavy atom. The van der Waals surface area contributed by atoms with E-state index in [0.717, 1.165) is 0 Å². The van der Waals surface area contributed by atoms with Gasteiger partial charge in [0.25, 0.3) is 0 Å². The lowest BCUT2D eigenvalue weighted by Gasteiger charge is -2.13. The summed E-state index contributed by atoms with van der Waals surface area (Å²) in [4.78, 5) is 0.0883. The molecule has 1 unspecified atom stereocenters. The largest absolute Gasteiger partial charge is 0.398 e. The van der Waals surface area contributed by atoms with Gasteiger partial charge in [0.15, 0.2) is 0 Å². The van der Waals surface area contributed by atoms with Crippen molar-refractivity contribution in [2.45, 2.75) is 24.8 Å². The first-order valence-corrected chi connectivity index (χ1v) is 7.39. The van der Waals surface area contributed by atoms with Gasteiger partial charge in [0.05, 0.1) is 21.7 Å². The van der Waals surface area contributed by atoms with Gasteiger partial charge in [-0.05, 0) is 32.0 Å². The minimum atomic E-state index is -3.58. The Kier molecular flexibility index (Phi) is 5.40. The molecule has 7 heteroatoms. The van der Waals surface area contributed by atoms with Crippen molar-refractivity contribution in [1.29, 1.82) is 0 Å². The SMILES string of the molecule is CCOC(C)CNS(=O)(=O)c1ccc(N)c(Cl)c1. The number of nitrogens with two attached hydrogens (primary N) is 1. The number of nitrogen functional groups attached to an aromatic ring is 1. The maximum atomic E-state index is 11.9. The number of anilines is 1. The highest BCUT2D eigenvalue weighted by atomic mass is 35.5. The number of halogens is 1. The third-order valence-corrected chi connectivity index (χ3v) is 4.04. The number of sulfonamides is 1. The van der Waals surface area contributed by atoms with Crippen molar-refractivity contribution >= 4 is 27.3 Å². The smallest absolute Gasteiger partial charge is 0.240 e. The Balaban J connectivity index is 2.77. The quantitative estimate of drug-likeness (QED) is 0.781. The summed E-state index contributed by atoms with van der Waals surface area (Å²) in [6.07, 6.45) is -0.186. The summed E-state index contributed by atoms with van der Waals surface area (Å²) in [7, 11) is -3.58. The molecule has 3 N–H and O–H groups in total.